The number of rotatable bonds is 0. The Kier molecular flexibility index (Phi) is 4.58. The first-order chi connectivity index (χ1) is 8.00. The Morgan fingerprint density at radius 3 is 1.71 bits per heavy atom. The van der Waals surface area contributed by atoms with Crippen LogP contribution in [0.25, 0.3) is 0 Å². The molecule has 0 amide bonds. The highest BCUT2D eigenvalue weighted by atomic mass is 14.6. The lowest BCUT2D eigenvalue weighted by molar-refractivity contribution is 1.40. The summed E-state index contributed by atoms with van der Waals surface area (Å²) in [7, 11) is 0. The summed E-state index contributed by atoms with van der Waals surface area (Å²) in [6, 6.07) is 13.9. The lowest BCUT2D eigenvalue weighted by atomic mass is 10.1. The van der Waals surface area contributed by atoms with Crippen molar-refractivity contribution in [2.75, 3.05) is 11.5 Å². The van der Waals surface area contributed by atoms with Crippen LogP contribution in [-0.4, -0.2) is 0 Å². The van der Waals surface area contributed by atoms with Crippen molar-refractivity contribution < 1.29 is 0 Å². The Hall–Kier alpha value is -1.96. The van der Waals surface area contributed by atoms with Gasteiger partial charge in [0, 0.05) is 11.4 Å². The van der Waals surface area contributed by atoms with Crippen LogP contribution in [0.3, 0.4) is 0 Å². The predicted molar refractivity (Wildman–Crippen MR) is 75.9 cm³/mol. The highest BCUT2D eigenvalue weighted by Gasteiger charge is 1.89. The van der Waals surface area contributed by atoms with Crippen LogP contribution in [0.15, 0.2) is 42.5 Å². The first kappa shape index (κ1) is 13.1. The van der Waals surface area contributed by atoms with Crippen LogP contribution < -0.4 is 11.5 Å². The van der Waals surface area contributed by atoms with E-state index in [2.05, 4.69) is 6.07 Å². The molecule has 0 spiro atoms. The van der Waals surface area contributed by atoms with Crippen molar-refractivity contribution in [3.63, 3.8) is 0 Å². The maximum atomic E-state index is 5.62. The molecule has 2 heteroatoms. The maximum Gasteiger partial charge on any atom is 0.0346 e. The molecule has 2 aromatic rings. The normalized spacial score (nSPS) is 9.35. The van der Waals surface area contributed by atoms with Crippen molar-refractivity contribution in [3.8, 4) is 0 Å². The van der Waals surface area contributed by atoms with Crippen molar-refractivity contribution >= 4 is 11.4 Å². The van der Waals surface area contributed by atoms with E-state index in [-0.39, 0.29) is 0 Å². The largest absolute Gasteiger partial charge is 0.399 e. The van der Waals surface area contributed by atoms with Gasteiger partial charge in [0.25, 0.3) is 0 Å². The quantitative estimate of drug-likeness (QED) is 0.678. The van der Waals surface area contributed by atoms with E-state index in [1.807, 2.05) is 57.2 Å². The number of nitrogen functional groups attached to an aromatic ring is 2. The molecule has 0 radical (unpaired) electrons. The molecule has 0 fully saturated rings. The first-order valence-electron chi connectivity index (χ1n) is 5.64. The lowest BCUT2D eigenvalue weighted by Gasteiger charge is -1.98. The van der Waals surface area contributed by atoms with E-state index in [4.69, 9.17) is 11.5 Å². The van der Waals surface area contributed by atoms with Crippen LogP contribution in [0.2, 0.25) is 0 Å². The van der Waals surface area contributed by atoms with Gasteiger partial charge in [0.2, 0.25) is 0 Å². The predicted octanol–water partition coefficient (Wildman–Crippen LogP) is 3.46. The third kappa shape index (κ3) is 4.19. The number of benzene rings is 2. The molecule has 4 N–H and O–H groups in total. The van der Waals surface area contributed by atoms with Crippen LogP contribution in [0.4, 0.5) is 11.4 Å². The Bertz CT molecular complexity index is 469. The summed E-state index contributed by atoms with van der Waals surface area (Å²) in [5.41, 5.74) is 16.4. The van der Waals surface area contributed by atoms with E-state index in [0.29, 0.717) is 0 Å². The molecule has 0 heterocycles. The molecular weight excluding hydrogens is 208 g/mol. The molecule has 2 rings (SSSR count). The van der Waals surface area contributed by atoms with Gasteiger partial charge in [-0.3, -0.25) is 0 Å². The molecule has 2 nitrogen and oxygen atoms in total. The molecule has 90 valence electrons. The first-order valence-corrected chi connectivity index (χ1v) is 5.64. The van der Waals surface area contributed by atoms with Crippen molar-refractivity contribution in [3.05, 3.63) is 59.2 Å². The van der Waals surface area contributed by atoms with E-state index in [9.17, 15) is 0 Å². The Morgan fingerprint density at radius 2 is 1.29 bits per heavy atom. The minimum absolute atomic E-state index is 0.868. The summed E-state index contributed by atoms with van der Waals surface area (Å²) in [5.74, 6) is 0. The summed E-state index contributed by atoms with van der Waals surface area (Å²) in [6.45, 7) is 6.04. The van der Waals surface area contributed by atoms with E-state index in [1.165, 1.54) is 5.56 Å². The summed E-state index contributed by atoms with van der Waals surface area (Å²) in [5, 5.41) is 0. The molecule has 0 aliphatic rings. The van der Waals surface area contributed by atoms with Crippen LogP contribution in [0.1, 0.15) is 16.7 Å². The molecule has 0 saturated heterocycles. The number of para-hydroxylation sites is 1. The zero-order chi connectivity index (χ0) is 12.8. The van der Waals surface area contributed by atoms with Gasteiger partial charge in [-0.15, -0.1) is 0 Å². The van der Waals surface area contributed by atoms with Gasteiger partial charge in [-0.2, -0.15) is 0 Å². The molecule has 2 aromatic carbocycles. The maximum absolute atomic E-state index is 5.62. The smallest absolute Gasteiger partial charge is 0.0346 e. The Balaban J connectivity index is 0.000000171. The van der Waals surface area contributed by atoms with E-state index in [1.54, 1.807) is 0 Å². The van der Waals surface area contributed by atoms with Gasteiger partial charge < -0.3 is 11.5 Å². The molecule has 0 atom stereocenters. The summed E-state index contributed by atoms with van der Waals surface area (Å²) in [4.78, 5) is 0. The molecule has 17 heavy (non-hydrogen) atoms. The van der Waals surface area contributed by atoms with E-state index >= 15 is 0 Å². The van der Waals surface area contributed by atoms with Crippen molar-refractivity contribution in [1.29, 1.82) is 0 Å². The molecular formula is C15H20N2. The average Bonchev–Trinajstić information content (AvgIpc) is 2.29. The molecule has 0 aliphatic carbocycles. The fourth-order valence-electron chi connectivity index (χ4n) is 1.35. The summed E-state index contributed by atoms with van der Waals surface area (Å²) in [6.07, 6.45) is 0. The topological polar surface area (TPSA) is 52.0 Å². The highest BCUT2D eigenvalue weighted by molar-refractivity contribution is 5.47. The van der Waals surface area contributed by atoms with Gasteiger partial charge in [0.15, 0.2) is 0 Å². The van der Waals surface area contributed by atoms with Gasteiger partial charge in [0.05, 0.1) is 0 Å². The SMILES string of the molecule is Cc1ccc(C)c(N)c1.Cc1ccccc1N. The molecule has 0 aliphatic heterocycles. The molecule has 0 unspecified atom stereocenters. The number of anilines is 2. The summed E-state index contributed by atoms with van der Waals surface area (Å²) < 4.78 is 0. The second kappa shape index (κ2) is 5.94. The standard InChI is InChI=1S/C8H11N.C7H9N/c1-6-3-4-7(2)8(9)5-6;1-6-4-2-3-5-7(6)8/h3-5H,9H2,1-2H3;2-5H,8H2,1H3. The van der Waals surface area contributed by atoms with Crippen molar-refractivity contribution in [2.24, 2.45) is 0 Å². The van der Waals surface area contributed by atoms with Crippen LogP contribution >= 0.6 is 0 Å². The number of hydrogen-bond donors (Lipinski definition) is 2. The average molecular weight is 228 g/mol. The monoisotopic (exact) mass is 228 g/mol. The van der Waals surface area contributed by atoms with Crippen LogP contribution in [-0.2, 0) is 0 Å². The molecule has 0 bridgehead atoms. The fourth-order valence-corrected chi connectivity index (χ4v) is 1.35. The summed E-state index contributed by atoms with van der Waals surface area (Å²) >= 11 is 0. The number of nitrogens with two attached hydrogens (primary N) is 2. The minimum atomic E-state index is 0.868. The molecule has 0 aromatic heterocycles. The van der Waals surface area contributed by atoms with Gasteiger partial charge in [-0.1, -0.05) is 30.3 Å². The Labute approximate surface area is 103 Å². The number of hydrogen-bond acceptors (Lipinski definition) is 2. The highest BCUT2D eigenvalue weighted by Crippen LogP contribution is 2.11. The van der Waals surface area contributed by atoms with Gasteiger partial charge in [-0.05, 0) is 49.6 Å². The Morgan fingerprint density at radius 1 is 0.706 bits per heavy atom. The second-order valence-corrected chi connectivity index (χ2v) is 4.22. The minimum Gasteiger partial charge on any atom is -0.399 e. The lowest BCUT2D eigenvalue weighted by Crippen LogP contribution is -1.88. The van der Waals surface area contributed by atoms with E-state index < -0.39 is 0 Å². The van der Waals surface area contributed by atoms with Crippen LogP contribution in [0.5, 0.6) is 0 Å². The van der Waals surface area contributed by atoms with Gasteiger partial charge in [0.1, 0.15) is 0 Å². The van der Waals surface area contributed by atoms with Crippen LogP contribution in [0, 0.1) is 20.8 Å². The van der Waals surface area contributed by atoms with Crippen molar-refractivity contribution in [1.82, 2.24) is 0 Å². The van der Waals surface area contributed by atoms with E-state index in [0.717, 1.165) is 22.5 Å². The van der Waals surface area contributed by atoms with Gasteiger partial charge in [-0.25, -0.2) is 0 Å². The number of aryl methyl sites for hydroxylation is 3. The second-order valence-electron chi connectivity index (χ2n) is 4.22. The third-order valence-electron chi connectivity index (χ3n) is 2.62. The molecule has 0 saturated carbocycles. The third-order valence-corrected chi connectivity index (χ3v) is 2.62. The zero-order valence-corrected chi connectivity index (χ0v) is 10.7. The fraction of sp³-hybridized carbons (Fsp3) is 0.200. The van der Waals surface area contributed by atoms with Crippen molar-refractivity contribution in [2.45, 2.75) is 20.8 Å². The zero-order valence-electron chi connectivity index (χ0n) is 10.7. The van der Waals surface area contributed by atoms with Gasteiger partial charge >= 0.3 is 0 Å².